The smallest absolute Gasteiger partial charge is 0.401 e. The minimum absolute atomic E-state index is 0.00148. The van der Waals surface area contributed by atoms with Crippen LogP contribution < -0.4 is 16.2 Å². The zero-order chi connectivity index (χ0) is 34.1. The number of aryl methyl sites for hydroxylation is 2. The summed E-state index contributed by atoms with van der Waals surface area (Å²) >= 11 is 0. The lowest BCUT2D eigenvalue weighted by Crippen LogP contribution is -2.54. The van der Waals surface area contributed by atoms with Crippen LogP contribution in [0, 0.1) is 10.8 Å². The highest BCUT2D eigenvalue weighted by Crippen LogP contribution is 2.53. The van der Waals surface area contributed by atoms with Gasteiger partial charge in [0.25, 0.3) is 0 Å². The summed E-state index contributed by atoms with van der Waals surface area (Å²) in [7, 11) is 0. The van der Waals surface area contributed by atoms with Crippen molar-refractivity contribution in [2.45, 2.75) is 130 Å². The van der Waals surface area contributed by atoms with Crippen molar-refractivity contribution in [1.29, 1.82) is 0 Å². The van der Waals surface area contributed by atoms with E-state index in [4.69, 9.17) is 25.4 Å². The molecule has 1 fully saturated rings. The number of benzene rings is 2. The van der Waals surface area contributed by atoms with E-state index in [9.17, 15) is 18.0 Å². The number of furan rings is 1. The normalized spacial score (nSPS) is 21.5. The maximum Gasteiger partial charge on any atom is 0.401 e. The van der Waals surface area contributed by atoms with Crippen LogP contribution in [0.2, 0.25) is 0 Å². The van der Waals surface area contributed by atoms with E-state index in [2.05, 4.69) is 32.0 Å². The second-order valence-electron chi connectivity index (χ2n) is 14.5. The van der Waals surface area contributed by atoms with Crippen molar-refractivity contribution in [3.63, 3.8) is 0 Å². The topological polar surface area (TPSA) is 101 Å². The van der Waals surface area contributed by atoms with E-state index >= 15 is 0 Å². The number of nitrogens with two attached hydrogens (primary N) is 2. The van der Waals surface area contributed by atoms with E-state index in [1.807, 2.05) is 6.07 Å². The van der Waals surface area contributed by atoms with Crippen LogP contribution in [-0.4, -0.2) is 35.9 Å². The van der Waals surface area contributed by atoms with E-state index in [1.165, 1.54) is 24.0 Å². The number of alkyl halides is 3. The Hall–Kier alpha value is -3.04. The van der Waals surface area contributed by atoms with E-state index in [-0.39, 0.29) is 18.6 Å². The van der Waals surface area contributed by atoms with Crippen molar-refractivity contribution in [2.75, 3.05) is 0 Å². The summed E-state index contributed by atoms with van der Waals surface area (Å²) in [5, 5.41) is 0.826. The number of hydrogen-bond donors (Lipinski definition) is 2. The number of fused-ring (bicyclic) bond motifs is 1. The van der Waals surface area contributed by atoms with Crippen LogP contribution in [0.25, 0.3) is 22.3 Å². The molecule has 46 heavy (non-hydrogen) atoms. The number of carbonyl (C=O) groups excluding carboxylic acids is 1. The Morgan fingerprint density at radius 3 is 2.35 bits per heavy atom. The number of carbonyl (C=O) groups is 1. The molecule has 3 aromatic rings. The van der Waals surface area contributed by atoms with Gasteiger partial charge in [-0.15, -0.1) is 0 Å². The molecule has 1 heterocycles. The molecule has 1 aliphatic rings. The lowest BCUT2D eigenvalue weighted by molar-refractivity contribution is -0.265. The average molecular weight is 645 g/mol. The van der Waals surface area contributed by atoms with Crippen molar-refractivity contribution in [2.24, 2.45) is 22.3 Å². The molecule has 9 heteroatoms. The summed E-state index contributed by atoms with van der Waals surface area (Å²) in [6.07, 6.45) is -1.63. The van der Waals surface area contributed by atoms with Gasteiger partial charge in [0.15, 0.2) is 0 Å². The summed E-state index contributed by atoms with van der Waals surface area (Å²) in [6, 6.07) is 12.8. The molecular formula is C37H51F3N2O4. The molecule has 0 amide bonds. The van der Waals surface area contributed by atoms with Crippen LogP contribution in [0.1, 0.15) is 98.1 Å². The van der Waals surface area contributed by atoms with E-state index < -0.39 is 46.8 Å². The molecule has 4 rings (SSSR count). The standard InChI is InChI=1S/C37H51F3N2O4/c1-8-10-11-12-23-13-16-27(24(9-2)19-23)29-20-25-14-15-26(21-28(25)45-29)44-31-17-18-32(36(31,7)37(38,39)40)46-33(43)35(5,6)30(41)22-34(3,4)42/h13-16,19-21,30-32H,8-12,17-18,22,41-42H2,1-7H3. The summed E-state index contributed by atoms with van der Waals surface area (Å²) in [4.78, 5) is 13.3. The first-order valence-corrected chi connectivity index (χ1v) is 16.6. The van der Waals surface area contributed by atoms with Gasteiger partial charge >= 0.3 is 12.1 Å². The quantitative estimate of drug-likeness (QED) is 0.142. The van der Waals surface area contributed by atoms with Gasteiger partial charge < -0.3 is 25.4 Å². The molecule has 0 aliphatic heterocycles. The van der Waals surface area contributed by atoms with Gasteiger partial charge in [-0.3, -0.25) is 4.79 Å². The third kappa shape index (κ3) is 7.57. The minimum atomic E-state index is -4.70. The van der Waals surface area contributed by atoms with Crippen LogP contribution in [0.15, 0.2) is 46.9 Å². The number of hydrogen-bond acceptors (Lipinski definition) is 6. The van der Waals surface area contributed by atoms with Crippen LogP contribution in [0.3, 0.4) is 0 Å². The molecule has 0 radical (unpaired) electrons. The van der Waals surface area contributed by atoms with Gasteiger partial charge in [0.2, 0.25) is 0 Å². The number of halogens is 3. The first-order valence-electron chi connectivity index (χ1n) is 16.6. The molecule has 2 aromatic carbocycles. The Bertz CT molecular complexity index is 1510. The van der Waals surface area contributed by atoms with Crippen LogP contribution in [-0.2, 0) is 22.4 Å². The number of esters is 1. The zero-order valence-electron chi connectivity index (χ0n) is 28.4. The van der Waals surface area contributed by atoms with Gasteiger partial charge in [-0.1, -0.05) is 44.9 Å². The van der Waals surface area contributed by atoms with E-state index in [0.29, 0.717) is 17.8 Å². The largest absolute Gasteiger partial charge is 0.489 e. The summed E-state index contributed by atoms with van der Waals surface area (Å²) in [6.45, 7) is 12.1. The average Bonchev–Trinajstić information content (AvgIpc) is 3.53. The maximum absolute atomic E-state index is 14.8. The Balaban J connectivity index is 1.54. The molecule has 0 spiro atoms. The Labute approximate surface area is 271 Å². The lowest BCUT2D eigenvalue weighted by Gasteiger charge is -2.40. The van der Waals surface area contributed by atoms with Gasteiger partial charge in [0.05, 0.1) is 5.41 Å². The van der Waals surface area contributed by atoms with Crippen LogP contribution in [0.4, 0.5) is 13.2 Å². The molecule has 0 bridgehead atoms. The maximum atomic E-state index is 14.8. The van der Waals surface area contributed by atoms with Gasteiger partial charge in [-0.05, 0) is 102 Å². The Morgan fingerprint density at radius 2 is 1.72 bits per heavy atom. The van der Waals surface area contributed by atoms with Crippen molar-refractivity contribution in [3.8, 4) is 17.1 Å². The fraction of sp³-hybridized carbons (Fsp3) is 0.595. The molecule has 6 nitrogen and oxygen atoms in total. The predicted molar refractivity (Wildman–Crippen MR) is 177 cm³/mol. The molecule has 4 N–H and O–H groups in total. The first-order chi connectivity index (χ1) is 21.4. The Morgan fingerprint density at radius 1 is 1.02 bits per heavy atom. The van der Waals surface area contributed by atoms with Gasteiger partial charge in [0, 0.05) is 28.6 Å². The van der Waals surface area contributed by atoms with Crippen LogP contribution >= 0.6 is 0 Å². The second kappa shape index (κ2) is 13.6. The lowest BCUT2D eigenvalue weighted by atomic mass is 9.78. The summed E-state index contributed by atoms with van der Waals surface area (Å²) in [5.74, 6) is 0.182. The fourth-order valence-electron chi connectivity index (χ4n) is 6.39. The highest BCUT2D eigenvalue weighted by molar-refractivity contribution is 5.84. The fourth-order valence-corrected chi connectivity index (χ4v) is 6.39. The molecule has 4 atom stereocenters. The van der Waals surface area contributed by atoms with E-state index in [0.717, 1.165) is 37.1 Å². The van der Waals surface area contributed by atoms with E-state index in [1.54, 1.807) is 45.9 Å². The van der Waals surface area contributed by atoms with Gasteiger partial charge in [0.1, 0.15) is 34.7 Å². The highest BCUT2D eigenvalue weighted by Gasteiger charge is 2.66. The van der Waals surface area contributed by atoms with Crippen LogP contribution in [0.5, 0.6) is 5.75 Å². The molecular weight excluding hydrogens is 593 g/mol. The molecule has 254 valence electrons. The molecule has 1 saturated carbocycles. The summed E-state index contributed by atoms with van der Waals surface area (Å²) in [5.41, 5.74) is 12.1. The third-order valence-electron chi connectivity index (χ3n) is 9.74. The van der Waals surface area contributed by atoms with Crippen molar-refractivity contribution < 1.29 is 31.9 Å². The van der Waals surface area contributed by atoms with Crippen molar-refractivity contribution in [3.05, 3.63) is 53.6 Å². The SMILES string of the molecule is CCCCCc1ccc(-c2cc3ccc(OC4CCC(OC(=O)C(C)(C)C(N)CC(C)(C)N)C4(C)C(F)(F)F)cc3o2)c(CC)c1. The summed E-state index contributed by atoms with van der Waals surface area (Å²) < 4.78 is 62.2. The molecule has 1 aromatic heterocycles. The third-order valence-corrected chi connectivity index (χ3v) is 9.74. The number of unbranched alkanes of at least 4 members (excludes halogenated alkanes) is 2. The van der Waals surface area contributed by atoms with Crippen molar-refractivity contribution in [1.82, 2.24) is 0 Å². The molecule has 1 aliphatic carbocycles. The molecule has 0 saturated heterocycles. The first kappa shape index (κ1) is 35.8. The zero-order valence-corrected chi connectivity index (χ0v) is 28.4. The number of rotatable bonds is 13. The predicted octanol–water partition coefficient (Wildman–Crippen LogP) is 8.90. The minimum Gasteiger partial charge on any atom is -0.489 e. The Kier molecular flexibility index (Phi) is 10.6. The number of ether oxygens (including phenoxy) is 2. The molecule has 4 unspecified atom stereocenters. The second-order valence-corrected chi connectivity index (χ2v) is 14.5. The van der Waals surface area contributed by atoms with Crippen molar-refractivity contribution >= 4 is 16.9 Å². The van der Waals surface area contributed by atoms with Gasteiger partial charge in [-0.2, -0.15) is 13.2 Å². The van der Waals surface area contributed by atoms with Gasteiger partial charge in [-0.25, -0.2) is 0 Å². The monoisotopic (exact) mass is 644 g/mol. The highest BCUT2D eigenvalue weighted by atomic mass is 19.4.